The van der Waals surface area contributed by atoms with E-state index in [9.17, 15) is 9.59 Å². The fourth-order valence-corrected chi connectivity index (χ4v) is 2.68. The number of esters is 1. The highest BCUT2D eigenvalue weighted by Crippen LogP contribution is 2.38. The Bertz CT molecular complexity index is 918. The first kappa shape index (κ1) is 22.9. The van der Waals surface area contributed by atoms with E-state index in [1.54, 1.807) is 24.3 Å². The fourth-order valence-electron chi connectivity index (χ4n) is 2.51. The van der Waals surface area contributed by atoms with Crippen molar-refractivity contribution in [1.82, 2.24) is 0 Å². The smallest absolute Gasteiger partial charge is 0.331 e. The van der Waals surface area contributed by atoms with Crippen molar-refractivity contribution in [3.63, 3.8) is 0 Å². The SMILES string of the molecule is COc1ccc(Cl)cc1NC(=O)COC(=O)C=Cc1cc(OC)c(OC)c(OC)c1. The lowest BCUT2D eigenvalue weighted by Gasteiger charge is -2.12. The van der Waals surface area contributed by atoms with Crippen LogP contribution in [0.2, 0.25) is 5.02 Å². The Labute approximate surface area is 179 Å². The summed E-state index contributed by atoms with van der Waals surface area (Å²) in [5, 5.41) is 3.00. The normalized spacial score (nSPS) is 10.4. The summed E-state index contributed by atoms with van der Waals surface area (Å²) in [5.74, 6) is 0.524. The van der Waals surface area contributed by atoms with Gasteiger partial charge in [0.2, 0.25) is 5.75 Å². The molecular formula is C21H22ClNO7. The molecule has 0 spiro atoms. The zero-order chi connectivity index (χ0) is 22.1. The number of rotatable bonds is 9. The van der Waals surface area contributed by atoms with Crippen molar-refractivity contribution in [3.05, 3.63) is 47.0 Å². The summed E-state index contributed by atoms with van der Waals surface area (Å²) >= 11 is 5.92. The Morgan fingerprint density at radius 2 is 1.57 bits per heavy atom. The van der Waals surface area contributed by atoms with Crippen molar-refractivity contribution in [3.8, 4) is 23.0 Å². The Kier molecular flexibility index (Phi) is 8.37. The number of hydrogen-bond donors (Lipinski definition) is 1. The maximum Gasteiger partial charge on any atom is 0.331 e. The summed E-state index contributed by atoms with van der Waals surface area (Å²) in [6.45, 7) is -0.478. The molecule has 0 aliphatic heterocycles. The van der Waals surface area contributed by atoms with E-state index < -0.39 is 18.5 Å². The van der Waals surface area contributed by atoms with E-state index in [0.717, 1.165) is 0 Å². The number of halogens is 1. The minimum absolute atomic E-state index is 0.374. The highest BCUT2D eigenvalue weighted by molar-refractivity contribution is 6.31. The lowest BCUT2D eigenvalue weighted by atomic mass is 10.1. The van der Waals surface area contributed by atoms with E-state index >= 15 is 0 Å². The van der Waals surface area contributed by atoms with Crippen molar-refractivity contribution >= 4 is 35.2 Å². The monoisotopic (exact) mass is 435 g/mol. The van der Waals surface area contributed by atoms with Crippen LogP contribution in [-0.4, -0.2) is 46.9 Å². The van der Waals surface area contributed by atoms with E-state index in [-0.39, 0.29) is 0 Å². The van der Waals surface area contributed by atoms with Gasteiger partial charge in [-0.25, -0.2) is 4.79 Å². The van der Waals surface area contributed by atoms with Gasteiger partial charge in [-0.3, -0.25) is 4.79 Å². The van der Waals surface area contributed by atoms with Crippen LogP contribution in [0.3, 0.4) is 0 Å². The van der Waals surface area contributed by atoms with Crippen LogP contribution in [0.15, 0.2) is 36.4 Å². The molecule has 0 radical (unpaired) electrons. The number of carbonyl (C=O) groups excluding carboxylic acids is 2. The molecule has 0 fully saturated rings. The molecule has 0 saturated carbocycles. The second-order valence-corrected chi connectivity index (χ2v) is 6.23. The average Bonchev–Trinajstić information content (AvgIpc) is 2.75. The second-order valence-electron chi connectivity index (χ2n) is 5.79. The first-order valence-corrected chi connectivity index (χ1v) is 9.07. The molecule has 0 unspecified atom stereocenters. The lowest BCUT2D eigenvalue weighted by Crippen LogP contribution is -2.20. The molecule has 0 heterocycles. The molecule has 9 heteroatoms. The fraction of sp³-hybridized carbons (Fsp3) is 0.238. The average molecular weight is 436 g/mol. The number of nitrogens with one attached hydrogen (secondary N) is 1. The second kappa shape index (κ2) is 11.0. The van der Waals surface area contributed by atoms with Crippen molar-refractivity contribution in [2.24, 2.45) is 0 Å². The molecule has 0 atom stereocenters. The number of benzene rings is 2. The van der Waals surface area contributed by atoms with Crippen LogP contribution in [0.1, 0.15) is 5.56 Å². The van der Waals surface area contributed by atoms with E-state index in [2.05, 4.69) is 5.32 Å². The van der Waals surface area contributed by atoms with Crippen LogP contribution in [-0.2, 0) is 14.3 Å². The number of hydrogen-bond acceptors (Lipinski definition) is 7. The quantitative estimate of drug-likeness (QED) is 0.475. The molecule has 160 valence electrons. The van der Waals surface area contributed by atoms with Crippen LogP contribution >= 0.6 is 11.6 Å². The summed E-state index contributed by atoms with van der Waals surface area (Å²) in [5.41, 5.74) is 0.994. The van der Waals surface area contributed by atoms with Crippen LogP contribution in [0, 0.1) is 0 Å². The summed E-state index contributed by atoms with van der Waals surface area (Å²) in [4.78, 5) is 24.0. The summed E-state index contributed by atoms with van der Waals surface area (Å²) in [6.07, 6.45) is 2.69. The molecule has 1 amide bonds. The third-order valence-corrected chi connectivity index (χ3v) is 4.12. The molecular weight excluding hydrogens is 414 g/mol. The molecule has 30 heavy (non-hydrogen) atoms. The Morgan fingerprint density at radius 1 is 0.933 bits per heavy atom. The summed E-state index contributed by atoms with van der Waals surface area (Å²) < 4.78 is 25.9. The van der Waals surface area contributed by atoms with Crippen molar-refractivity contribution < 1.29 is 33.3 Å². The van der Waals surface area contributed by atoms with Crippen LogP contribution in [0.25, 0.3) is 6.08 Å². The topological polar surface area (TPSA) is 92.3 Å². The van der Waals surface area contributed by atoms with Gasteiger partial charge in [0.15, 0.2) is 18.1 Å². The first-order chi connectivity index (χ1) is 14.4. The number of anilines is 1. The molecule has 2 aromatic carbocycles. The zero-order valence-corrected chi connectivity index (χ0v) is 17.7. The maximum absolute atomic E-state index is 12.1. The van der Waals surface area contributed by atoms with Crippen LogP contribution < -0.4 is 24.3 Å². The first-order valence-electron chi connectivity index (χ1n) is 8.70. The van der Waals surface area contributed by atoms with Gasteiger partial charge in [-0.2, -0.15) is 0 Å². The van der Waals surface area contributed by atoms with E-state index in [4.69, 9.17) is 35.3 Å². The molecule has 0 aromatic heterocycles. The number of ether oxygens (including phenoxy) is 5. The minimum atomic E-state index is -0.697. The molecule has 0 aliphatic carbocycles. The molecule has 2 rings (SSSR count). The van der Waals surface area contributed by atoms with Gasteiger partial charge in [-0.1, -0.05) is 11.6 Å². The number of carbonyl (C=O) groups is 2. The van der Waals surface area contributed by atoms with Gasteiger partial charge in [0.25, 0.3) is 5.91 Å². The number of methoxy groups -OCH3 is 4. The Hall–Kier alpha value is -3.39. The molecule has 0 aliphatic rings. The van der Waals surface area contributed by atoms with E-state index in [1.807, 2.05) is 0 Å². The van der Waals surface area contributed by atoms with Crippen LogP contribution in [0.4, 0.5) is 5.69 Å². The van der Waals surface area contributed by atoms with E-state index in [1.165, 1.54) is 46.7 Å². The van der Waals surface area contributed by atoms with Gasteiger partial charge in [0.1, 0.15) is 5.75 Å². The third-order valence-electron chi connectivity index (χ3n) is 3.88. The highest BCUT2D eigenvalue weighted by atomic mass is 35.5. The van der Waals surface area contributed by atoms with Crippen molar-refractivity contribution in [2.75, 3.05) is 40.4 Å². The van der Waals surface area contributed by atoms with Gasteiger partial charge in [0, 0.05) is 11.1 Å². The molecule has 2 aromatic rings. The zero-order valence-electron chi connectivity index (χ0n) is 17.0. The van der Waals surface area contributed by atoms with Crippen molar-refractivity contribution in [2.45, 2.75) is 0 Å². The largest absolute Gasteiger partial charge is 0.495 e. The summed E-state index contributed by atoms with van der Waals surface area (Å²) in [7, 11) is 5.95. The standard InChI is InChI=1S/C21H22ClNO7/c1-26-16-7-6-14(22)11-15(16)23-19(24)12-30-20(25)8-5-13-9-17(27-2)21(29-4)18(10-13)28-3/h5-11H,12H2,1-4H3,(H,23,24). The lowest BCUT2D eigenvalue weighted by molar-refractivity contribution is -0.142. The van der Waals surface area contributed by atoms with Gasteiger partial charge in [0.05, 0.1) is 34.1 Å². The molecule has 1 N–H and O–H groups in total. The third kappa shape index (κ3) is 6.05. The maximum atomic E-state index is 12.1. The highest BCUT2D eigenvalue weighted by Gasteiger charge is 2.13. The van der Waals surface area contributed by atoms with Gasteiger partial charge in [-0.15, -0.1) is 0 Å². The summed E-state index contributed by atoms with van der Waals surface area (Å²) in [6, 6.07) is 8.12. The van der Waals surface area contributed by atoms with Gasteiger partial charge < -0.3 is 29.0 Å². The molecule has 0 saturated heterocycles. The molecule has 8 nitrogen and oxygen atoms in total. The number of amides is 1. The van der Waals surface area contributed by atoms with Gasteiger partial charge >= 0.3 is 5.97 Å². The van der Waals surface area contributed by atoms with Crippen LogP contribution in [0.5, 0.6) is 23.0 Å². The van der Waals surface area contributed by atoms with Gasteiger partial charge in [-0.05, 0) is 42.0 Å². The minimum Gasteiger partial charge on any atom is -0.495 e. The van der Waals surface area contributed by atoms with Crippen molar-refractivity contribution in [1.29, 1.82) is 0 Å². The van der Waals surface area contributed by atoms with E-state index in [0.29, 0.717) is 39.3 Å². The Morgan fingerprint density at radius 3 is 2.13 bits per heavy atom. The predicted octanol–water partition coefficient (Wildman–Crippen LogP) is 3.57. The Balaban J connectivity index is 1.98. The predicted molar refractivity (Wildman–Crippen MR) is 113 cm³/mol. The molecule has 0 bridgehead atoms.